The van der Waals surface area contributed by atoms with Gasteiger partial charge in [-0.15, -0.1) is 0 Å². The molecule has 0 aromatic carbocycles. The van der Waals surface area contributed by atoms with E-state index in [4.69, 9.17) is 0 Å². The molecule has 0 amide bonds. The van der Waals surface area contributed by atoms with Gasteiger partial charge in [0.05, 0.1) is 12.9 Å². The molecule has 1 aliphatic heterocycles. The van der Waals surface area contributed by atoms with Crippen molar-refractivity contribution in [3.05, 3.63) is 12.2 Å². The molecule has 152 valence electrons. The Morgan fingerprint density at radius 1 is 0.846 bits per heavy atom. The summed E-state index contributed by atoms with van der Waals surface area (Å²) >= 11 is 0. The summed E-state index contributed by atoms with van der Waals surface area (Å²) < 4.78 is 0. The molecule has 1 rings (SSSR count). The van der Waals surface area contributed by atoms with Crippen LogP contribution >= 0.6 is 0 Å². The van der Waals surface area contributed by atoms with Gasteiger partial charge in [-0.25, -0.2) is 0 Å². The SMILES string of the molecule is CCCCCCCC/C=C\CCCCCCCCCC(O)N1C=NCC1. The summed E-state index contributed by atoms with van der Waals surface area (Å²) in [6.45, 7) is 4.00. The van der Waals surface area contributed by atoms with Crippen LogP contribution in [0.15, 0.2) is 17.1 Å². The van der Waals surface area contributed by atoms with E-state index in [1.165, 1.54) is 89.9 Å². The first-order chi connectivity index (χ1) is 12.8. The quantitative estimate of drug-likeness (QED) is 0.223. The van der Waals surface area contributed by atoms with Gasteiger partial charge in [0.15, 0.2) is 0 Å². The number of hydrogen-bond donors (Lipinski definition) is 1. The molecule has 0 fully saturated rings. The number of aliphatic hydroxyl groups is 1. The Labute approximate surface area is 163 Å². The van der Waals surface area contributed by atoms with E-state index in [-0.39, 0.29) is 6.23 Å². The van der Waals surface area contributed by atoms with Crippen molar-refractivity contribution in [2.45, 2.75) is 116 Å². The first kappa shape index (κ1) is 23.2. The van der Waals surface area contributed by atoms with E-state index in [0.717, 1.165) is 25.9 Å². The molecule has 0 aromatic heterocycles. The van der Waals surface area contributed by atoms with E-state index < -0.39 is 0 Å². The van der Waals surface area contributed by atoms with E-state index in [1.54, 1.807) is 6.34 Å². The molecule has 0 saturated heterocycles. The average molecular weight is 365 g/mol. The fraction of sp³-hybridized carbons (Fsp3) is 0.870. The molecule has 1 N–H and O–H groups in total. The monoisotopic (exact) mass is 364 g/mol. The number of nitrogens with zero attached hydrogens (tertiary/aromatic N) is 2. The van der Waals surface area contributed by atoms with Crippen LogP contribution in [0, 0.1) is 0 Å². The van der Waals surface area contributed by atoms with Gasteiger partial charge in [-0.1, -0.05) is 83.3 Å². The summed E-state index contributed by atoms with van der Waals surface area (Å²) in [4.78, 5) is 6.11. The van der Waals surface area contributed by atoms with Crippen LogP contribution in [0.1, 0.15) is 110 Å². The smallest absolute Gasteiger partial charge is 0.127 e. The van der Waals surface area contributed by atoms with E-state index in [9.17, 15) is 5.11 Å². The summed E-state index contributed by atoms with van der Waals surface area (Å²) in [7, 11) is 0. The molecular weight excluding hydrogens is 320 g/mol. The predicted molar refractivity (Wildman–Crippen MR) is 115 cm³/mol. The summed E-state index contributed by atoms with van der Waals surface area (Å²) in [5.74, 6) is 0. The van der Waals surface area contributed by atoms with Crippen LogP contribution in [0.4, 0.5) is 0 Å². The second-order valence-corrected chi connectivity index (χ2v) is 7.82. The number of unbranched alkanes of at least 4 members (excludes halogenated alkanes) is 13. The Bertz CT molecular complexity index is 354. The molecule has 0 bridgehead atoms. The minimum absolute atomic E-state index is 0.315. The summed E-state index contributed by atoms with van der Waals surface area (Å²) in [6.07, 6.45) is 27.2. The number of aliphatic imine (C=N–C) groups is 1. The lowest BCUT2D eigenvalue weighted by molar-refractivity contribution is 0.0533. The Morgan fingerprint density at radius 3 is 1.92 bits per heavy atom. The van der Waals surface area contributed by atoms with Crippen molar-refractivity contribution in [1.29, 1.82) is 0 Å². The maximum Gasteiger partial charge on any atom is 0.127 e. The highest BCUT2D eigenvalue weighted by molar-refractivity contribution is 5.57. The molecular formula is C23H44N2O. The normalized spacial score (nSPS) is 15.4. The maximum atomic E-state index is 10.0. The number of allylic oxidation sites excluding steroid dienone is 2. The van der Waals surface area contributed by atoms with E-state index in [0.29, 0.717) is 0 Å². The molecule has 1 atom stereocenters. The third kappa shape index (κ3) is 13.4. The standard InChI is InChI=1S/C23H44N2O/c1-2-3-4-5-6-7-8-9-10-11-12-13-14-15-16-17-18-19-23(26)25-21-20-24-22-25/h9-10,22-23,26H,2-8,11-21H2,1H3/b10-9-. The second-order valence-electron chi connectivity index (χ2n) is 7.82. The molecule has 0 aromatic rings. The summed E-state index contributed by atoms with van der Waals surface area (Å²) in [6, 6.07) is 0. The van der Waals surface area contributed by atoms with E-state index in [1.807, 2.05) is 4.90 Å². The molecule has 1 unspecified atom stereocenters. The Balaban J connectivity index is 1.74. The third-order valence-electron chi connectivity index (χ3n) is 5.32. The van der Waals surface area contributed by atoms with Crippen molar-refractivity contribution in [3.8, 4) is 0 Å². The zero-order valence-electron chi connectivity index (χ0n) is 17.4. The number of aliphatic hydroxyl groups excluding tert-OH is 1. The van der Waals surface area contributed by atoms with Gasteiger partial charge in [-0.2, -0.15) is 0 Å². The lowest BCUT2D eigenvalue weighted by atomic mass is 10.1. The number of hydrogen-bond acceptors (Lipinski definition) is 3. The van der Waals surface area contributed by atoms with Crippen molar-refractivity contribution in [2.24, 2.45) is 4.99 Å². The molecule has 0 radical (unpaired) electrons. The maximum absolute atomic E-state index is 10.0. The highest BCUT2D eigenvalue weighted by Crippen LogP contribution is 2.13. The average Bonchev–Trinajstić information content (AvgIpc) is 3.19. The fourth-order valence-corrected chi connectivity index (χ4v) is 3.54. The third-order valence-corrected chi connectivity index (χ3v) is 5.32. The lowest BCUT2D eigenvalue weighted by Crippen LogP contribution is -2.32. The molecule has 1 aliphatic rings. The Kier molecular flexibility index (Phi) is 15.7. The van der Waals surface area contributed by atoms with Crippen molar-refractivity contribution in [1.82, 2.24) is 4.90 Å². The van der Waals surface area contributed by atoms with Crippen LogP contribution in [-0.2, 0) is 0 Å². The van der Waals surface area contributed by atoms with Gasteiger partial charge in [-0.05, 0) is 38.5 Å². The summed E-state index contributed by atoms with van der Waals surface area (Å²) in [5.41, 5.74) is 0. The van der Waals surface area contributed by atoms with Gasteiger partial charge in [0, 0.05) is 6.54 Å². The molecule has 3 heteroatoms. The Morgan fingerprint density at radius 2 is 1.38 bits per heavy atom. The van der Waals surface area contributed by atoms with Crippen LogP contribution in [-0.4, -0.2) is 35.7 Å². The van der Waals surface area contributed by atoms with Crippen molar-refractivity contribution < 1.29 is 5.11 Å². The van der Waals surface area contributed by atoms with E-state index in [2.05, 4.69) is 24.1 Å². The van der Waals surface area contributed by atoms with Crippen molar-refractivity contribution >= 4 is 6.34 Å². The van der Waals surface area contributed by atoms with E-state index >= 15 is 0 Å². The van der Waals surface area contributed by atoms with Gasteiger partial charge in [0.2, 0.25) is 0 Å². The lowest BCUT2D eigenvalue weighted by Gasteiger charge is -2.21. The van der Waals surface area contributed by atoms with Crippen molar-refractivity contribution in [2.75, 3.05) is 13.1 Å². The van der Waals surface area contributed by atoms with Crippen LogP contribution in [0.3, 0.4) is 0 Å². The molecule has 0 saturated carbocycles. The van der Waals surface area contributed by atoms with Crippen molar-refractivity contribution in [3.63, 3.8) is 0 Å². The van der Waals surface area contributed by atoms with Crippen LogP contribution < -0.4 is 0 Å². The number of rotatable bonds is 18. The van der Waals surface area contributed by atoms with Gasteiger partial charge < -0.3 is 10.0 Å². The molecule has 0 aliphatic carbocycles. The van der Waals surface area contributed by atoms with Crippen LogP contribution in [0.5, 0.6) is 0 Å². The fourth-order valence-electron chi connectivity index (χ4n) is 3.54. The largest absolute Gasteiger partial charge is 0.374 e. The molecule has 1 heterocycles. The minimum Gasteiger partial charge on any atom is -0.374 e. The molecule has 3 nitrogen and oxygen atoms in total. The van der Waals surface area contributed by atoms with Crippen LogP contribution in [0.2, 0.25) is 0 Å². The first-order valence-corrected chi connectivity index (χ1v) is 11.4. The predicted octanol–water partition coefficient (Wildman–Crippen LogP) is 6.47. The Hall–Kier alpha value is -0.830. The zero-order chi connectivity index (χ0) is 18.7. The van der Waals surface area contributed by atoms with Gasteiger partial charge in [0.25, 0.3) is 0 Å². The minimum atomic E-state index is -0.315. The molecule has 0 spiro atoms. The van der Waals surface area contributed by atoms with Gasteiger partial charge >= 0.3 is 0 Å². The van der Waals surface area contributed by atoms with Gasteiger partial charge in [0.1, 0.15) is 6.23 Å². The van der Waals surface area contributed by atoms with Gasteiger partial charge in [-0.3, -0.25) is 4.99 Å². The first-order valence-electron chi connectivity index (χ1n) is 11.4. The highest BCUT2D eigenvalue weighted by atomic mass is 16.3. The van der Waals surface area contributed by atoms with Crippen LogP contribution in [0.25, 0.3) is 0 Å². The molecule has 26 heavy (non-hydrogen) atoms. The zero-order valence-corrected chi connectivity index (χ0v) is 17.4. The second kappa shape index (κ2) is 17.6. The highest BCUT2D eigenvalue weighted by Gasteiger charge is 2.14. The summed E-state index contributed by atoms with van der Waals surface area (Å²) in [5, 5.41) is 10.0. The topological polar surface area (TPSA) is 35.8 Å².